The van der Waals surface area contributed by atoms with Crippen molar-refractivity contribution in [1.29, 1.82) is 0 Å². The van der Waals surface area contributed by atoms with Crippen molar-refractivity contribution >= 4 is 11.9 Å². The molecule has 2 aliphatic rings. The molecule has 5 nitrogen and oxygen atoms in total. The van der Waals surface area contributed by atoms with Gasteiger partial charge < -0.3 is 14.6 Å². The van der Waals surface area contributed by atoms with E-state index in [4.69, 9.17) is 9.47 Å². The van der Waals surface area contributed by atoms with Crippen LogP contribution < -0.4 is 0 Å². The lowest BCUT2D eigenvalue weighted by molar-refractivity contribution is -0.174. The van der Waals surface area contributed by atoms with Gasteiger partial charge in [0.15, 0.2) is 0 Å². The molecule has 0 amide bonds. The second-order valence-corrected chi connectivity index (χ2v) is 8.15. The molecule has 1 aliphatic heterocycles. The Morgan fingerprint density at radius 2 is 1.96 bits per heavy atom. The molecule has 0 aromatic rings. The van der Waals surface area contributed by atoms with Gasteiger partial charge in [0, 0.05) is 24.8 Å². The first-order valence-corrected chi connectivity index (χ1v) is 9.70. The highest BCUT2D eigenvalue weighted by molar-refractivity contribution is 5.89. The minimum atomic E-state index is -1.15. The van der Waals surface area contributed by atoms with Crippen LogP contribution in [-0.2, 0) is 19.1 Å². The first-order chi connectivity index (χ1) is 12.6. The van der Waals surface area contributed by atoms with Gasteiger partial charge in [-0.1, -0.05) is 29.9 Å². The van der Waals surface area contributed by atoms with E-state index in [0.29, 0.717) is 31.3 Å². The van der Waals surface area contributed by atoms with Crippen molar-refractivity contribution in [2.75, 3.05) is 0 Å². The molecule has 0 spiro atoms. The third kappa shape index (κ3) is 5.80. The van der Waals surface area contributed by atoms with Gasteiger partial charge in [0.2, 0.25) is 0 Å². The molecule has 2 bridgehead atoms. The predicted octanol–water partition coefficient (Wildman–Crippen LogP) is 4.01. The van der Waals surface area contributed by atoms with Gasteiger partial charge in [-0.15, -0.1) is 0 Å². The SMILES string of the molecule is C=C1C(=O)O[C@@H]2C[C@H]1[C@@H](OC(C)=O)C/C(C)=C/CC/C(C)=C/CC[C@@]2(C)O. The number of hydrogen-bond acceptors (Lipinski definition) is 5. The first-order valence-electron chi connectivity index (χ1n) is 9.70. The van der Waals surface area contributed by atoms with Crippen LogP contribution in [0, 0.1) is 5.92 Å². The van der Waals surface area contributed by atoms with E-state index in [1.165, 1.54) is 12.5 Å². The molecule has 1 saturated heterocycles. The summed E-state index contributed by atoms with van der Waals surface area (Å²) in [7, 11) is 0. The standard InChI is InChI=1S/C22H32O5/c1-14-8-6-9-15(2)12-19(26-17(4)23)18-13-20(27-21(24)16(18)3)22(5,25)11-7-10-14/h9-10,18-20,25H,3,6-8,11-13H2,1-2,4-5H3/b14-10+,15-9+/t18-,19+,20-,22-/m1/s1. The summed E-state index contributed by atoms with van der Waals surface area (Å²) in [5, 5.41) is 11.0. The first kappa shape index (κ1) is 21.4. The highest BCUT2D eigenvalue weighted by Gasteiger charge is 2.45. The van der Waals surface area contributed by atoms with Crippen molar-refractivity contribution in [3.05, 3.63) is 35.5 Å². The molecule has 150 valence electrons. The maximum Gasteiger partial charge on any atom is 0.334 e. The molecule has 5 heteroatoms. The van der Waals surface area contributed by atoms with E-state index in [-0.39, 0.29) is 11.9 Å². The molecular weight excluding hydrogens is 344 g/mol. The number of carbonyl (C=O) groups excluding carboxylic acids is 2. The topological polar surface area (TPSA) is 72.8 Å². The van der Waals surface area contributed by atoms with Crippen LogP contribution >= 0.6 is 0 Å². The summed E-state index contributed by atoms with van der Waals surface area (Å²) in [4.78, 5) is 24.1. The summed E-state index contributed by atoms with van der Waals surface area (Å²) in [6.45, 7) is 11.1. The zero-order chi connectivity index (χ0) is 20.2. The van der Waals surface area contributed by atoms with Crippen molar-refractivity contribution in [1.82, 2.24) is 0 Å². The lowest BCUT2D eigenvalue weighted by atomic mass is 9.78. The highest BCUT2D eigenvalue weighted by Crippen LogP contribution is 2.37. The molecule has 1 aliphatic carbocycles. The highest BCUT2D eigenvalue weighted by atomic mass is 16.6. The van der Waals surface area contributed by atoms with E-state index in [1.807, 2.05) is 6.92 Å². The molecule has 0 unspecified atom stereocenters. The molecule has 0 saturated carbocycles. The van der Waals surface area contributed by atoms with Crippen molar-refractivity contribution in [3.63, 3.8) is 0 Å². The van der Waals surface area contributed by atoms with Crippen LogP contribution in [-0.4, -0.2) is 34.9 Å². The Kier molecular flexibility index (Phi) is 7.04. The summed E-state index contributed by atoms with van der Waals surface area (Å²) < 4.78 is 11.1. The number of carbonyl (C=O) groups is 2. The Bertz CT molecular complexity index is 656. The van der Waals surface area contributed by atoms with Crippen LogP contribution in [0.25, 0.3) is 0 Å². The summed E-state index contributed by atoms with van der Waals surface area (Å²) in [6, 6.07) is 0. The molecule has 4 atom stereocenters. The summed E-state index contributed by atoms with van der Waals surface area (Å²) in [5.74, 6) is -1.27. The minimum Gasteiger partial charge on any atom is -0.462 e. The number of allylic oxidation sites excluding steroid dienone is 3. The van der Waals surface area contributed by atoms with E-state index < -0.39 is 23.8 Å². The number of hydrogen-bond donors (Lipinski definition) is 1. The Labute approximate surface area is 162 Å². The lowest BCUT2D eigenvalue weighted by Gasteiger charge is -2.40. The smallest absolute Gasteiger partial charge is 0.334 e. The largest absolute Gasteiger partial charge is 0.462 e. The molecule has 1 N–H and O–H groups in total. The van der Waals surface area contributed by atoms with E-state index >= 15 is 0 Å². The van der Waals surface area contributed by atoms with E-state index in [0.717, 1.165) is 18.4 Å². The number of esters is 2. The van der Waals surface area contributed by atoms with Crippen molar-refractivity contribution in [2.24, 2.45) is 5.92 Å². The fraction of sp³-hybridized carbons (Fsp3) is 0.636. The third-order valence-electron chi connectivity index (χ3n) is 5.58. The van der Waals surface area contributed by atoms with Crippen molar-refractivity contribution in [3.8, 4) is 0 Å². The summed E-state index contributed by atoms with van der Waals surface area (Å²) in [5.41, 5.74) is 1.54. The molecule has 1 heterocycles. The normalized spacial score (nSPS) is 37.1. The second kappa shape index (κ2) is 8.87. The number of rotatable bonds is 1. The van der Waals surface area contributed by atoms with E-state index in [2.05, 4.69) is 25.7 Å². The van der Waals surface area contributed by atoms with Crippen molar-refractivity contribution < 1.29 is 24.2 Å². The maximum absolute atomic E-state index is 12.4. The average Bonchev–Trinajstić information content (AvgIpc) is 2.55. The van der Waals surface area contributed by atoms with Gasteiger partial charge in [-0.05, 0) is 52.9 Å². The summed E-state index contributed by atoms with van der Waals surface area (Å²) in [6.07, 6.45) is 7.17. The van der Waals surface area contributed by atoms with Gasteiger partial charge in [0.05, 0.1) is 5.60 Å². The van der Waals surface area contributed by atoms with Crippen LogP contribution in [0.4, 0.5) is 0 Å². The van der Waals surface area contributed by atoms with Crippen LogP contribution in [0.2, 0.25) is 0 Å². The minimum absolute atomic E-state index is 0.309. The molecule has 1 fully saturated rings. The molecule has 0 aromatic heterocycles. The van der Waals surface area contributed by atoms with Gasteiger partial charge in [-0.3, -0.25) is 4.79 Å². The zero-order valence-electron chi connectivity index (χ0n) is 16.9. The number of aliphatic hydroxyl groups is 1. The van der Waals surface area contributed by atoms with Gasteiger partial charge in [0.1, 0.15) is 12.2 Å². The second-order valence-electron chi connectivity index (χ2n) is 8.15. The van der Waals surface area contributed by atoms with Gasteiger partial charge >= 0.3 is 11.9 Å². The van der Waals surface area contributed by atoms with Crippen LogP contribution in [0.1, 0.15) is 66.2 Å². The molecule has 2 rings (SSSR count). The summed E-state index contributed by atoms with van der Waals surface area (Å²) >= 11 is 0. The van der Waals surface area contributed by atoms with E-state index in [9.17, 15) is 14.7 Å². The van der Waals surface area contributed by atoms with Gasteiger partial charge in [-0.2, -0.15) is 0 Å². The zero-order valence-corrected chi connectivity index (χ0v) is 16.9. The Hall–Kier alpha value is -1.88. The van der Waals surface area contributed by atoms with Gasteiger partial charge in [0.25, 0.3) is 0 Å². The number of ether oxygens (including phenoxy) is 2. The van der Waals surface area contributed by atoms with Crippen LogP contribution in [0.15, 0.2) is 35.5 Å². The molecule has 0 aromatic carbocycles. The average molecular weight is 376 g/mol. The molecule has 0 radical (unpaired) electrons. The Morgan fingerprint density at radius 3 is 2.63 bits per heavy atom. The quantitative estimate of drug-likeness (QED) is 0.425. The lowest BCUT2D eigenvalue weighted by Crippen LogP contribution is -2.49. The monoisotopic (exact) mass is 376 g/mol. The Morgan fingerprint density at radius 1 is 1.30 bits per heavy atom. The van der Waals surface area contributed by atoms with Crippen LogP contribution in [0.5, 0.6) is 0 Å². The van der Waals surface area contributed by atoms with Gasteiger partial charge in [-0.25, -0.2) is 4.79 Å². The Balaban J connectivity index is 2.38. The third-order valence-corrected chi connectivity index (χ3v) is 5.58. The van der Waals surface area contributed by atoms with Crippen LogP contribution in [0.3, 0.4) is 0 Å². The van der Waals surface area contributed by atoms with E-state index in [1.54, 1.807) is 6.92 Å². The fourth-order valence-corrected chi connectivity index (χ4v) is 3.83. The molecule has 27 heavy (non-hydrogen) atoms. The fourth-order valence-electron chi connectivity index (χ4n) is 3.83. The maximum atomic E-state index is 12.4. The molecular formula is C22H32O5. The van der Waals surface area contributed by atoms with Crippen molar-refractivity contribution in [2.45, 2.75) is 84.0 Å². The number of fused-ring (bicyclic) bond motifs is 2. The predicted molar refractivity (Wildman–Crippen MR) is 104 cm³/mol.